The molecule has 0 bridgehead atoms. The van der Waals surface area contributed by atoms with Crippen LogP contribution in [0.2, 0.25) is 0 Å². The lowest BCUT2D eigenvalue weighted by Gasteiger charge is -2.18. The largest absolute Gasteiger partial charge is 0.349 e. The number of rotatable bonds is 5. The lowest BCUT2D eigenvalue weighted by molar-refractivity contribution is -0.120. The zero-order chi connectivity index (χ0) is 16.8. The van der Waals surface area contributed by atoms with Crippen molar-refractivity contribution in [2.24, 2.45) is 0 Å². The molecule has 2 aromatic carbocycles. The van der Waals surface area contributed by atoms with Crippen LogP contribution < -0.4 is 10.6 Å². The van der Waals surface area contributed by atoms with E-state index in [-0.39, 0.29) is 24.3 Å². The van der Waals surface area contributed by atoms with Gasteiger partial charge in [-0.1, -0.05) is 36.4 Å². The molecule has 0 heterocycles. The quantitative estimate of drug-likeness (QED) is 0.831. The van der Waals surface area contributed by atoms with Crippen molar-refractivity contribution < 1.29 is 9.59 Å². The van der Waals surface area contributed by atoms with Gasteiger partial charge >= 0.3 is 0 Å². The zero-order valence-corrected chi connectivity index (χ0v) is 14.7. The van der Waals surface area contributed by atoms with Gasteiger partial charge in [-0.05, 0) is 46.1 Å². The van der Waals surface area contributed by atoms with Gasteiger partial charge in [-0.3, -0.25) is 9.59 Å². The maximum atomic E-state index is 12.3. The highest BCUT2D eigenvalue weighted by atomic mass is 79.9. The molecule has 4 nitrogen and oxygen atoms in total. The molecule has 0 fully saturated rings. The van der Waals surface area contributed by atoms with Gasteiger partial charge < -0.3 is 10.6 Å². The molecular formula is C18H19BrN2O2. The number of carbonyl (C=O) groups excluding carboxylic acids is 2. The summed E-state index contributed by atoms with van der Waals surface area (Å²) in [4.78, 5) is 23.7. The van der Waals surface area contributed by atoms with Gasteiger partial charge in [-0.25, -0.2) is 0 Å². The monoisotopic (exact) mass is 374 g/mol. The molecule has 2 rings (SSSR count). The van der Waals surface area contributed by atoms with Crippen molar-refractivity contribution in [3.63, 3.8) is 0 Å². The number of nitrogens with one attached hydrogen (secondary N) is 2. The maximum absolute atomic E-state index is 12.3. The van der Waals surface area contributed by atoms with Crippen molar-refractivity contribution in [1.82, 2.24) is 5.32 Å². The SMILES string of the molecule is CC(=O)N[C@H](CC(=O)Nc1ccc(C)cc1Br)c1ccccc1. The second kappa shape index (κ2) is 7.92. The van der Waals surface area contributed by atoms with Crippen LogP contribution in [0.4, 0.5) is 5.69 Å². The molecule has 0 unspecified atom stereocenters. The van der Waals surface area contributed by atoms with Crippen LogP contribution in [0.5, 0.6) is 0 Å². The third-order valence-corrected chi connectivity index (χ3v) is 4.02. The predicted octanol–water partition coefficient (Wildman–Crippen LogP) is 3.96. The highest BCUT2D eigenvalue weighted by molar-refractivity contribution is 9.10. The molecule has 0 aliphatic heterocycles. The van der Waals surface area contributed by atoms with Gasteiger partial charge in [0.25, 0.3) is 0 Å². The number of carbonyl (C=O) groups is 2. The average Bonchev–Trinajstić information content (AvgIpc) is 2.50. The van der Waals surface area contributed by atoms with Crippen molar-refractivity contribution in [2.45, 2.75) is 26.3 Å². The maximum Gasteiger partial charge on any atom is 0.226 e. The summed E-state index contributed by atoms with van der Waals surface area (Å²) in [6, 6.07) is 14.9. The van der Waals surface area contributed by atoms with Crippen LogP contribution >= 0.6 is 15.9 Å². The van der Waals surface area contributed by atoms with Crippen LogP contribution in [0.15, 0.2) is 53.0 Å². The fraction of sp³-hybridized carbons (Fsp3) is 0.222. The summed E-state index contributed by atoms with van der Waals surface area (Å²) < 4.78 is 0.835. The Labute approximate surface area is 144 Å². The summed E-state index contributed by atoms with van der Waals surface area (Å²) in [6.07, 6.45) is 0.171. The van der Waals surface area contributed by atoms with Crippen molar-refractivity contribution >= 4 is 33.4 Å². The first-order valence-electron chi connectivity index (χ1n) is 7.34. The molecule has 0 saturated carbocycles. The zero-order valence-electron chi connectivity index (χ0n) is 13.1. The summed E-state index contributed by atoms with van der Waals surface area (Å²) in [5.41, 5.74) is 2.73. The minimum Gasteiger partial charge on any atom is -0.349 e. The third-order valence-electron chi connectivity index (χ3n) is 3.37. The number of hydrogen-bond acceptors (Lipinski definition) is 2. The lowest BCUT2D eigenvalue weighted by Crippen LogP contribution is -2.29. The van der Waals surface area contributed by atoms with Gasteiger partial charge in [0.15, 0.2) is 0 Å². The van der Waals surface area contributed by atoms with E-state index in [9.17, 15) is 9.59 Å². The van der Waals surface area contributed by atoms with Gasteiger partial charge in [-0.2, -0.15) is 0 Å². The normalized spacial score (nSPS) is 11.6. The minimum absolute atomic E-state index is 0.155. The molecule has 0 spiro atoms. The van der Waals surface area contributed by atoms with Crippen molar-refractivity contribution in [3.8, 4) is 0 Å². The van der Waals surface area contributed by atoms with E-state index >= 15 is 0 Å². The number of halogens is 1. The summed E-state index contributed by atoms with van der Waals surface area (Å²) in [7, 11) is 0. The van der Waals surface area contributed by atoms with Crippen LogP contribution in [0, 0.1) is 6.92 Å². The van der Waals surface area contributed by atoms with Crippen molar-refractivity contribution in [2.75, 3.05) is 5.32 Å². The number of aryl methyl sites for hydroxylation is 1. The Bertz CT molecular complexity index is 701. The number of anilines is 1. The Morgan fingerprint density at radius 2 is 1.83 bits per heavy atom. The molecule has 0 aromatic heterocycles. The van der Waals surface area contributed by atoms with Crippen LogP contribution in [0.25, 0.3) is 0 Å². The van der Waals surface area contributed by atoms with Crippen LogP contribution in [-0.4, -0.2) is 11.8 Å². The van der Waals surface area contributed by atoms with E-state index in [1.165, 1.54) is 6.92 Å². The van der Waals surface area contributed by atoms with Gasteiger partial charge in [0.05, 0.1) is 18.2 Å². The van der Waals surface area contributed by atoms with E-state index in [2.05, 4.69) is 26.6 Å². The van der Waals surface area contributed by atoms with Gasteiger partial charge in [0, 0.05) is 11.4 Å². The van der Waals surface area contributed by atoms with Gasteiger partial charge in [0.2, 0.25) is 11.8 Å². The Hall–Kier alpha value is -2.14. The van der Waals surface area contributed by atoms with E-state index in [0.717, 1.165) is 21.3 Å². The first-order valence-corrected chi connectivity index (χ1v) is 8.13. The summed E-state index contributed by atoms with van der Waals surface area (Å²) in [5.74, 6) is -0.319. The molecule has 5 heteroatoms. The molecule has 0 saturated heterocycles. The Balaban J connectivity index is 2.09. The average molecular weight is 375 g/mol. The molecule has 120 valence electrons. The molecule has 2 N–H and O–H groups in total. The second-order valence-corrected chi connectivity index (χ2v) is 6.25. The van der Waals surface area contributed by atoms with E-state index in [0.29, 0.717) is 0 Å². The molecule has 1 atom stereocenters. The number of benzene rings is 2. The highest BCUT2D eigenvalue weighted by Gasteiger charge is 2.17. The predicted molar refractivity (Wildman–Crippen MR) is 95.1 cm³/mol. The summed E-state index contributed by atoms with van der Waals surface area (Å²) in [6.45, 7) is 3.43. The Morgan fingerprint density at radius 1 is 1.13 bits per heavy atom. The number of hydrogen-bond donors (Lipinski definition) is 2. The van der Waals surface area contributed by atoms with E-state index in [4.69, 9.17) is 0 Å². The molecule has 0 radical (unpaired) electrons. The van der Waals surface area contributed by atoms with E-state index in [1.807, 2.05) is 55.5 Å². The fourth-order valence-corrected chi connectivity index (χ4v) is 2.88. The Morgan fingerprint density at radius 3 is 2.43 bits per heavy atom. The summed E-state index contributed by atoms with van der Waals surface area (Å²) >= 11 is 3.44. The molecule has 23 heavy (non-hydrogen) atoms. The standard InChI is InChI=1S/C18H19BrN2O2/c1-12-8-9-16(15(19)10-12)21-18(23)11-17(20-13(2)22)14-6-4-3-5-7-14/h3-10,17H,11H2,1-2H3,(H,20,22)(H,21,23)/t17-/m1/s1. The van der Waals surface area contributed by atoms with Gasteiger partial charge in [-0.15, -0.1) is 0 Å². The molecule has 2 amide bonds. The molecule has 0 aliphatic rings. The smallest absolute Gasteiger partial charge is 0.226 e. The topological polar surface area (TPSA) is 58.2 Å². The molecule has 0 aliphatic carbocycles. The first kappa shape index (κ1) is 17.2. The highest BCUT2D eigenvalue weighted by Crippen LogP contribution is 2.24. The molecular weight excluding hydrogens is 356 g/mol. The Kier molecular flexibility index (Phi) is 5.93. The molecule has 2 aromatic rings. The second-order valence-electron chi connectivity index (χ2n) is 5.40. The van der Waals surface area contributed by atoms with Crippen molar-refractivity contribution in [3.05, 3.63) is 64.1 Å². The summed E-state index contributed by atoms with van der Waals surface area (Å²) in [5, 5.41) is 5.70. The number of amides is 2. The van der Waals surface area contributed by atoms with E-state index in [1.54, 1.807) is 0 Å². The minimum atomic E-state index is -0.349. The fourth-order valence-electron chi connectivity index (χ4n) is 2.29. The van der Waals surface area contributed by atoms with Crippen molar-refractivity contribution in [1.29, 1.82) is 0 Å². The lowest BCUT2D eigenvalue weighted by atomic mass is 10.0. The van der Waals surface area contributed by atoms with Gasteiger partial charge in [0.1, 0.15) is 0 Å². The van der Waals surface area contributed by atoms with E-state index < -0.39 is 0 Å². The van der Waals surface area contributed by atoms with Crippen LogP contribution in [-0.2, 0) is 9.59 Å². The first-order chi connectivity index (χ1) is 11.0. The van der Waals surface area contributed by atoms with Crippen LogP contribution in [0.1, 0.15) is 30.5 Å². The van der Waals surface area contributed by atoms with Crippen LogP contribution in [0.3, 0.4) is 0 Å². The third kappa shape index (κ3) is 5.21.